The number of nitrogens with one attached hydrogen (secondary N) is 2. The van der Waals surface area contributed by atoms with E-state index in [1.165, 1.54) is 0 Å². The van der Waals surface area contributed by atoms with Gasteiger partial charge in [-0.3, -0.25) is 9.59 Å². The molecule has 1 aromatic heterocycles. The second-order valence-electron chi connectivity index (χ2n) is 3.95. The van der Waals surface area contributed by atoms with Crippen LogP contribution in [0.15, 0.2) is 4.79 Å². The second-order valence-corrected chi connectivity index (χ2v) is 3.95. The summed E-state index contributed by atoms with van der Waals surface area (Å²) in [6.07, 6.45) is 0.582. The Kier molecular flexibility index (Phi) is 2.30. The molecular weight excluding hydrogens is 194 g/mol. The van der Waals surface area contributed by atoms with Crippen LogP contribution in [0.25, 0.3) is 0 Å². The monoisotopic (exact) mass is 207 g/mol. The molecule has 0 unspecified atom stereocenters. The van der Waals surface area contributed by atoms with Crippen LogP contribution in [-0.4, -0.2) is 22.6 Å². The highest BCUT2D eigenvalue weighted by Crippen LogP contribution is 2.19. The topological polar surface area (TPSA) is 74.8 Å². The minimum atomic E-state index is -0.246. The number of H-pyrrole nitrogens is 1. The van der Waals surface area contributed by atoms with E-state index in [4.69, 9.17) is 0 Å². The average Bonchev–Trinajstić information content (AvgIpc) is 2.19. The Morgan fingerprint density at radius 1 is 1.33 bits per heavy atom. The molecule has 1 aliphatic rings. The van der Waals surface area contributed by atoms with Gasteiger partial charge in [0.25, 0.3) is 11.5 Å². The highest BCUT2D eigenvalue weighted by atomic mass is 16.2. The molecule has 0 fully saturated rings. The smallest absolute Gasteiger partial charge is 0.268 e. The highest BCUT2D eigenvalue weighted by Gasteiger charge is 2.25. The molecule has 15 heavy (non-hydrogen) atoms. The Balaban J connectivity index is 2.71. The molecule has 1 aliphatic heterocycles. The van der Waals surface area contributed by atoms with E-state index >= 15 is 0 Å². The van der Waals surface area contributed by atoms with Crippen molar-refractivity contribution in [3.8, 4) is 0 Å². The predicted molar refractivity (Wildman–Crippen MR) is 55.0 cm³/mol. The standard InChI is InChI=1S/C10H13N3O2/c1-5(2)8-7-6(9(14)13-12-8)3-4-11-10(7)15/h5H,3-4H2,1-2H3,(H,11,15)(H,13,14). The van der Waals surface area contributed by atoms with E-state index in [2.05, 4.69) is 15.5 Å². The Labute approximate surface area is 86.9 Å². The van der Waals surface area contributed by atoms with E-state index < -0.39 is 0 Å². The van der Waals surface area contributed by atoms with Gasteiger partial charge in [0.15, 0.2) is 0 Å². The molecule has 0 aliphatic carbocycles. The first kappa shape index (κ1) is 9.89. The summed E-state index contributed by atoms with van der Waals surface area (Å²) in [5, 5.41) is 9.12. The second kappa shape index (κ2) is 3.49. The van der Waals surface area contributed by atoms with Gasteiger partial charge < -0.3 is 5.32 Å². The third-order valence-electron chi connectivity index (χ3n) is 2.54. The van der Waals surface area contributed by atoms with Gasteiger partial charge in [-0.15, -0.1) is 0 Å². The first-order valence-corrected chi connectivity index (χ1v) is 5.01. The number of hydrogen-bond acceptors (Lipinski definition) is 3. The molecule has 80 valence electrons. The Morgan fingerprint density at radius 2 is 2.07 bits per heavy atom. The van der Waals surface area contributed by atoms with Gasteiger partial charge in [0.05, 0.1) is 11.3 Å². The van der Waals surface area contributed by atoms with Gasteiger partial charge in [0.1, 0.15) is 0 Å². The summed E-state index contributed by atoms with van der Waals surface area (Å²) in [6.45, 7) is 4.42. The molecule has 0 atom stereocenters. The molecule has 2 N–H and O–H groups in total. The van der Waals surface area contributed by atoms with Gasteiger partial charge in [-0.1, -0.05) is 13.8 Å². The zero-order valence-electron chi connectivity index (χ0n) is 8.76. The minimum Gasteiger partial charge on any atom is -0.352 e. The highest BCUT2D eigenvalue weighted by molar-refractivity contribution is 5.97. The Hall–Kier alpha value is -1.65. The lowest BCUT2D eigenvalue weighted by atomic mass is 9.96. The molecule has 0 saturated heterocycles. The van der Waals surface area contributed by atoms with Crippen LogP contribution in [0.4, 0.5) is 0 Å². The maximum absolute atomic E-state index is 11.7. The van der Waals surface area contributed by atoms with E-state index in [1.54, 1.807) is 0 Å². The quantitative estimate of drug-likeness (QED) is 0.689. The van der Waals surface area contributed by atoms with Crippen molar-refractivity contribution in [2.45, 2.75) is 26.2 Å². The van der Waals surface area contributed by atoms with Crippen molar-refractivity contribution in [3.05, 3.63) is 27.2 Å². The summed E-state index contributed by atoms with van der Waals surface area (Å²) in [6, 6.07) is 0. The summed E-state index contributed by atoms with van der Waals surface area (Å²) >= 11 is 0. The van der Waals surface area contributed by atoms with Crippen molar-refractivity contribution < 1.29 is 4.79 Å². The summed E-state index contributed by atoms with van der Waals surface area (Å²) in [4.78, 5) is 23.1. The summed E-state index contributed by atoms with van der Waals surface area (Å²) in [5.41, 5.74) is 1.46. The molecule has 0 spiro atoms. The molecule has 2 heterocycles. The summed E-state index contributed by atoms with van der Waals surface area (Å²) in [7, 11) is 0. The number of nitrogens with zero attached hydrogens (tertiary/aromatic N) is 1. The van der Waals surface area contributed by atoms with Crippen LogP contribution in [0.3, 0.4) is 0 Å². The number of fused-ring (bicyclic) bond motifs is 1. The molecular formula is C10H13N3O2. The zero-order valence-corrected chi connectivity index (χ0v) is 8.76. The van der Waals surface area contributed by atoms with Crippen molar-refractivity contribution >= 4 is 5.91 Å². The fourth-order valence-electron chi connectivity index (χ4n) is 1.80. The fraction of sp³-hybridized carbons (Fsp3) is 0.500. The lowest BCUT2D eigenvalue weighted by Gasteiger charge is -2.18. The Bertz CT molecular complexity index is 462. The molecule has 1 aromatic rings. The van der Waals surface area contributed by atoms with Crippen LogP contribution in [0, 0.1) is 0 Å². The molecule has 2 rings (SSSR count). The molecule has 5 nitrogen and oxygen atoms in total. The average molecular weight is 207 g/mol. The van der Waals surface area contributed by atoms with Crippen LogP contribution in [0.1, 0.15) is 41.4 Å². The zero-order chi connectivity index (χ0) is 11.0. The molecule has 0 bridgehead atoms. The van der Waals surface area contributed by atoms with Crippen LogP contribution in [-0.2, 0) is 6.42 Å². The largest absolute Gasteiger partial charge is 0.352 e. The van der Waals surface area contributed by atoms with Gasteiger partial charge >= 0.3 is 0 Å². The number of carbonyl (C=O) groups excluding carboxylic acids is 1. The maximum atomic E-state index is 11.7. The number of rotatable bonds is 1. The molecule has 0 saturated carbocycles. The van der Waals surface area contributed by atoms with Crippen LogP contribution >= 0.6 is 0 Å². The van der Waals surface area contributed by atoms with Gasteiger partial charge in [0.2, 0.25) is 0 Å². The SMILES string of the molecule is CC(C)c1n[nH]c(=O)c2c1C(=O)NCC2. The van der Waals surface area contributed by atoms with Crippen LogP contribution in [0.2, 0.25) is 0 Å². The third-order valence-corrected chi connectivity index (χ3v) is 2.54. The predicted octanol–water partition coefficient (Wildman–Crippen LogP) is 0.179. The van der Waals surface area contributed by atoms with Gasteiger partial charge in [-0.25, -0.2) is 5.10 Å². The van der Waals surface area contributed by atoms with E-state index in [0.717, 1.165) is 0 Å². The number of aromatic amines is 1. The lowest BCUT2D eigenvalue weighted by molar-refractivity contribution is 0.0943. The van der Waals surface area contributed by atoms with Crippen molar-refractivity contribution in [1.29, 1.82) is 0 Å². The first-order chi connectivity index (χ1) is 7.11. The summed E-state index contributed by atoms with van der Waals surface area (Å²) < 4.78 is 0. The van der Waals surface area contributed by atoms with Crippen molar-refractivity contribution in [2.75, 3.05) is 6.54 Å². The Morgan fingerprint density at radius 3 is 2.73 bits per heavy atom. The minimum absolute atomic E-state index is 0.124. The fourth-order valence-corrected chi connectivity index (χ4v) is 1.80. The summed E-state index contributed by atoms with van der Waals surface area (Å²) in [5.74, 6) is -0.0574. The number of aromatic nitrogens is 2. The number of carbonyl (C=O) groups is 1. The van der Waals surface area contributed by atoms with Crippen molar-refractivity contribution in [1.82, 2.24) is 15.5 Å². The van der Waals surface area contributed by atoms with Crippen molar-refractivity contribution in [3.63, 3.8) is 0 Å². The molecule has 0 aromatic carbocycles. The van der Waals surface area contributed by atoms with E-state index in [-0.39, 0.29) is 17.4 Å². The van der Waals surface area contributed by atoms with Gasteiger partial charge in [0, 0.05) is 12.1 Å². The van der Waals surface area contributed by atoms with Crippen LogP contribution < -0.4 is 10.9 Å². The number of hydrogen-bond donors (Lipinski definition) is 2. The molecule has 5 heteroatoms. The molecule has 0 radical (unpaired) electrons. The van der Waals surface area contributed by atoms with Crippen molar-refractivity contribution in [2.24, 2.45) is 0 Å². The maximum Gasteiger partial charge on any atom is 0.268 e. The van der Waals surface area contributed by atoms with E-state index in [9.17, 15) is 9.59 Å². The van der Waals surface area contributed by atoms with E-state index in [1.807, 2.05) is 13.8 Å². The van der Waals surface area contributed by atoms with E-state index in [0.29, 0.717) is 29.8 Å². The first-order valence-electron chi connectivity index (χ1n) is 5.01. The lowest BCUT2D eigenvalue weighted by Crippen LogP contribution is -2.38. The normalized spacial score (nSPS) is 15.0. The van der Waals surface area contributed by atoms with Gasteiger partial charge in [-0.05, 0) is 12.3 Å². The number of amides is 1. The van der Waals surface area contributed by atoms with Crippen LogP contribution in [0.5, 0.6) is 0 Å². The van der Waals surface area contributed by atoms with Gasteiger partial charge in [-0.2, -0.15) is 5.10 Å². The third kappa shape index (κ3) is 1.54. The molecule has 1 amide bonds.